The van der Waals surface area contributed by atoms with Gasteiger partial charge in [-0.15, -0.1) is 11.8 Å². The minimum Gasteiger partial charge on any atom is -0.481 e. The Bertz CT molecular complexity index is 573. The lowest BCUT2D eigenvalue weighted by atomic mass is 10.4. The highest BCUT2D eigenvalue weighted by molar-refractivity contribution is 8.00. The molecule has 1 N–H and O–H groups in total. The summed E-state index contributed by atoms with van der Waals surface area (Å²) in [5, 5.41) is 2.72. The number of aromatic nitrogens is 1. The number of benzene rings is 1. The van der Waals surface area contributed by atoms with Gasteiger partial charge in [0.05, 0.1) is 24.7 Å². The number of nitrogens with zero attached hydrogens (tertiary/aromatic N) is 1. The number of nitrogens with one attached hydrogen (secondary N) is 1. The monoisotopic (exact) mass is 292 g/mol. The smallest absolute Gasteiger partial charge is 0.234 e. The Kier molecular flexibility index (Phi) is 4.95. The molecule has 0 atom stereocenters. The third-order valence-electron chi connectivity index (χ3n) is 2.41. The summed E-state index contributed by atoms with van der Waals surface area (Å²) in [6.07, 6.45) is 1.53. The van der Waals surface area contributed by atoms with Gasteiger partial charge in [0.25, 0.3) is 0 Å². The first-order valence-electron chi connectivity index (χ1n) is 5.85. The van der Waals surface area contributed by atoms with Crippen molar-refractivity contribution in [2.24, 2.45) is 0 Å². The largest absolute Gasteiger partial charge is 0.481 e. The zero-order valence-corrected chi connectivity index (χ0v) is 11.6. The van der Waals surface area contributed by atoms with Gasteiger partial charge in [0, 0.05) is 11.0 Å². The molecule has 0 aliphatic rings. The third-order valence-corrected chi connectivity index (χ3v) is 3.42. The molecule has 0 aliphatic carbocycles. The van der Waals surface area contributed by atoms with Gasteiger partial charge >= 0.3 is 0 Å². The number of thioether (sulfide) groups is 1. The second kappa shape index (κ2) is 6.91. The molecule has 0 spiro atoms. The van der Waals surface area contributed by atoms with E-state index >= 15 is 0 Å². The molecule has 2 aromatic rings. The van der Waals surface area contributed by atoms with Crippen LogP contribution in [-0.4, -0.2) is 23.8 Å². The van der Waals surface area contributed by atoms with Crippen molar-refractivity contribution in [1.29, 1.82) is 0 Å². The van der Waals surface area contributed by atoms with Crippen LogP contribution in [0.4, 0.5) is 10.1 Å². The third kappa shape index (κ3) is 4.24. The van der Waals surface area contributed by atoms with Gasteiger partial charge in [-0.1, -0.05) is 0 Å². The number of anilines is 1. The zero-order chi connectivity index (χ0) is 14.4. The van der Waals surface area contributed by atoms with Gasteiger partial charge in [-0.3, -0.25) is 4.79 Å². The molecule has 1 aromatic carbocycles. The summed E-state index contributed by atoms with van der Waals surface area (Å²) in [7, 11) is 1.53. The van der Waals surface area contributed by atoms with Gasteiger partial charge in [0.15, 0.2) is 0 Å². The van der Waals surface area contributed by atoms with Crippen LogP contribution in [0.2, 0.25) is 0 Å². The topological polar surface area (TPSA) is 51.2 Å². The standard InChI is InChI=1S/C14H13FN2O2S/c1-19-14-7-4-11(8-16-14)17-13(18)9-20-12-5-2-10(15)3-6-12/h2-8H,9H2,1H3,(H,17,18). The number of pyridine rings is 1. The highest BCUT2D eigenvalue weighted by Crippen LogP contribution is 2.18. The predicted octanol–water partition coefficient (Wildman–Crippen LogP) is 2.96. The molecule has 104 valence electrons. The van der Waals surface area contributed by atoms with Gasteiger partial charge in [-0.2, -0.15) is 0 Å². The molecule has 0 unspecified atom stereocenters. The number of rotatable bonds is 5. The van der Waals surface area contributed by atoms with Crippen LogP contribution in [0.15, 0.2) is 47.5 Å². The molecule has 0 aliphatic heterocycles. The molecule has 0 bridgehead atoms. The Hall–Kier alpha value is -2.08. The van der Waals surface area contributed by atoms with Crippen molar-refractivity contribution < 1.29 is 13.9 Å². The van der Waals surface area contributed by atoms with Crippen molar-refractivity contribution in [2.75, 3.05) is 18.2 Å². The van der Waals surface area contributed by atoms with Crippen LogP contribution >= 0.6 is 11.8 Å². The van der Waals surface area contributed by atoms with Crippen molar-refractivity contribution in [2.45, 2.75) is 4.90 Å². The molecule has 1 heterocycles. The molecule has 0 saturated carbocycles. The Balaban J connectivity index is 1.84. The maximum Gasteiger partial charge on any atom is 0.234 e. The van der Waals surface area contributed by atoms with E-state index in [1.807, 2.05) is 0 Å². The van der Waals surface area contributed by atoms with Gasteiger partial charge in [0.1, 0.15) is 5.82 Å². The van der Waals surface area contributed by atoms with E-state index in [4.69, 9.17) is 4.74 Å². The van der Waals surface area contributed by atoms with E-state index in [9.17, 15) is 9.18 Å². The first-order chi connectivity index (χ1) is 9.67. The number of hydrogen-bond acceptors (Lipinski definition) is 4. The lowest BCUT2D eigenvalue weighted by Gasteiger charge is -2.05. The van der Waals surface area contributed by atoms with Crippen LogP contribution < -0.4 is 10.1 Å². The van der Waals surface area contributed by atoms with E-state index in [-0.39, 0.29) is 17.5 Å². The van der Waals surface area contributed by atoms with Crippen LogP contribution in [0.1, 0.15) is 0 Å². The fraction of sp³-hybridized carbons (Fsp3) is 0.143. The average molecular weight is 292 g/mol. The van der Waals surface area contributed by atoms with Crippen LogP contribution in [0.25, 0.3) is 0 Å². The average Bonchev–Trinajstić information content (AvgIpc) is 2.47. The van der Waals surface area contributed by atoms with Gasteiger partial charge in [-0.05, 0) is 30.3 Å². The van der Waals surface area contributed by atoms with Crippen molar-refractivity contribution in [3.8, 4) is 5.88 Å². The first-order valence-corrected chi connectivity index (χ1v) is 6.84. The molecule has 1 aromatic heterocycles. The minimum absolute atomic E-state index is 0.147. The molecular weight excluding hydrogens is 279 g/mol. The lowest BCUT2D eigenvalue weighted by molar-refractivity contribution is -0.113. The maximum absolute atomic E-state index is 12.7. The summed E-state index contributed by atoms with van der Waals surface area (Å²) >= 11 is 1.34. The summed E-state index contributed by atoms with van der Waals surface area (Å²) in [6.45, 7) is 0. The normalized spacial score (nSPS) is 10.1. The number of halogens is 1. The number of methoxy groups -OCH3 is 1. The number of carbonyl (C=O) groups excluding carboxylic acids is 1. The van der Waals surface area contributed by atoms with Crippen LogP contribution in [0.3, 0.4) is 0 Å². The highest BCUT2D eigenvalue weighted by atomic mass is 32.2. The van der Waals surface area contributed by atoms with Crippen molar-refractivity contribution in [1.82, 2.24) is 4.98 Å². The fourth-order valence-electron chi connectivity index (χ4n) is 1.45. The van der Waals surface area contributed by atoms with Gasteiger partial charge in [-0.25, -0.2) is 9.37 Å². The summed E-state index contributed by atoms with van der Waals surface area (Å²) in [5.74, 6) is 0.301. The Morgan fingerprint density at radius 1 is 1.30 bits per heavy atom. The molecule has 6 heteroatoms. The molecule has 0 fully saturated rings. The molecule has 2 rings (SSSR count). The second-order valence-corrected chi connectivity index (χ2v) is 4.93. The van der Waals surface area contributed by atoms with E-state index in [1.54, 1.807) is 24.3 Å². The first kappa shape index (κ1) is 14.3. The SMILES string of the molecule is COc1ccc(NC(=O)CSc2ccc(F)cc2)cn1. The Labute approximate surface area is 120 Å². The molecule has 0 radical (unpaired) electrons. The van der Waals surface area contributed by atoms with E-state index in [0.29, 0.717) is 11.6 Å². The highest BCUT2D eigenvalue weighted by Gasteiger charge is 2.04. The Morgan fingerprint density at radius 2 is 2.05 bits per heavy atom. The minimum atomic E-state index is -0.289. The molecule has 0 saturated heterocycles. The van der Waals surface area contributed by atoms with E-state index in [1.165, 1.54) is 37.2 Å². The molecular formula is C14H13FN2O2S. The van der Waals surface area contributed by atoms with Crippen molar-refractivity contribution in [3.63, 3.8) is 0 Å². The number of carbonyl (C=O) groups is 1. The van der Waals surface area contributed by atoms with E-state index in [2.05, 4.69) is 10.3 Å². The molecule has 4 nitrogen and oxygen atoms in total. The van der Waals surface area contributed by atoms with Crippen LogP contribution in [0.5, 0.6) is 5.88 Å². The second-order valence-electron chi connectivity index (χ2n) is 3.88. The maximum atomic E-state index is 12.7. The van der Waals surface area contributed by atoms with E-state index < -0.39 is 0 Å². The van der Waals surface area contributed by atoms with Crippen molar-refractivity contribution >= 4 is 23.4 Å². The number of ether oxygens (including phenoxy) is 1. The van der Waals surface area contributed by atoms with E-state index in [0.717, 1.165) is 4.90 Å². The number of hydrogen-bond donors (Lipinski definition) is 1. The summed E-state index contributed by atoms with van der Waals surface area (Å²) in [5.41, 5.74) is 0.607. The quantitative estimate of drug-likeness (QED) is 0.861. The summed E-state index contributed by atoms with van der Waals surface area (Å²) < 4.78 is 17.7. The molecule has 1 amide bonds. The fourth-order valence-corrected chi connectivity index (χ4v) is 2.15. The molecule has 20 heavy (non-hydrogen) atoms. The van der Waals surface area contributed by atoms with Gasteiger partial charge in [0.2, 0.25) is 11.8 Å². The van der Waals surface area contributed by atoms with Crippen LogP contribution in [-0.2, 0) is 4.79 Å². The predicted molar refractivity (Wildman–Crippen MR) is 76.5 cm³/mol. The summed E-state index contributed by atoms with van der Waals surface area (Å²) in [4.78, 5) is 16.6. The van der Waals surface area contributed by atoms with Crippen LogP contribution in [0, 0.1) is 5.82 Å². The lowest BCUT2D eigenvalue weighted by Crippen LogP contribution is -2.14. The van der Waals surface area contributed by atoms with Gasteiger partial charge < -0.3 is 10.1 Å². The Morgan fingerprint density at radius 3 is 2.65 bits per heavy atom. The number of amides is 1. The summed E-state index contributed by atoms with van der Waals surface area (Å²) in [6, 6.07) is 9.40. The zero-order valence-electron chi connectivity index (χ0n) is 10.8. The van der Waals surface area contributed by atoms with Crippen molar-refractivity contribution in [3.05, 3.63) is 48.4 Å².